The number of ether oxygens (including phenoxy) is 1. The summed E-state index contributed by atoms with van der Waals surface area (Å²) in [7, 11) is -4.42. The lowest BCUT2D eigenvalue weighted by molar-refractivity contribution is 0.0858. The lowest BCUT2D eigenvalue weighted by Gasteiger charge is -2.15. The number of anilines is 1. The molecule has 2 aromatic carbocycles. The first-order valence-corrected chi connectivity index (χ1v) is 10.7. The lowest BCUT2D eigenvalue weighted by Crippen LogP contribution is -2.32. The van der Waals surface area contributed by atoms with Crippen molar-refractivity contribution >= 4 is 37.5 Å². The lowest BCUT2D eigenvalue weighted by atomic mass is 10.1. The zero-order valence-electron chi connectivity index (χ0n) is 14.5. The standard InChI is InChI=1S/C18H17BrF2N2O4S/c19-14-8-11(20)9-15(21)17(14)28(25,26)23-16-6-2-1-5-13(16)18(24)22-10-12-4-3-7-27-12/h1-2,5-6,8-9,12,23H,3-4,7,10H2,(H,22,24)/t12-/m0/s1. The fourth-order valence-electron chi connectivity index (χ4n) is 2.86. The van der Waals surface area contributed by atoms with E-state index >= 15 is 0 Å². The Hall–Kier alpha value is -2.04. The van der Waals surface area contributed by atoms with Crippen molar-refractivity contribution in [3.05, 3.63) is 58.1 Å². The van der Waals surface area contributed by atoms with Gasteiger partial charge in [0.2, 0.25) is 0 Å². The number of benzene rings is 2. The molecule has 3 rings (SSSR count). The van der Waals surface area contributed by atoms with Crippen LogP contribution in [-0.2, 0) is 14.8 Å². The second-order valence-electron chi connectivity index (χ2n) is 6.19. The van der Waals surface area contributed by atoms with Gasteiger partial charge in [0.25, 0.3) is 15.9 Å². The number of sulfonamides is 1. The van der Waals surface area contributed by atoms with E-state index < -0.39 is 32.5 Å². The number of halogens is 3. The van der Waals surface area contributed by atoms with Crippen LogP contribution in [0.5, 0.6) is 0 Å². The van der Waals surface area contributed by atoms with Crippen LogP contribution < -0.4 is 10.0 Å². The number of carbonyl (C=O) groups excluding carboxylic acids is 1. The summed E-state index contributed by atoms with van der Waals surface area (Å²) < 4.78 is 60.0. The van der Waals surface area contributed by atoms with Crippen LogP contribution in [0.1, 0.15) is 23.2 Å². The minimum atomic E-state index is -4.42. The summed E-state index contributed by atoms with van der Waals surface area (Å²) in [4.78, 5) is 11.7. The molecule has 1 atom stereocenters. The Labute approximate surface area is 169 Å². The molecule has 2 N–H and O–H groups in total. The highest BCUT2D eigenvalue weighted by molar-refractivity contribution is 9.10. The summed E-state index contributed by atoms with van der Waals surface area (Å²) in [5.74, 6) is -2.66. The third-order valence-corrected chi connectivity index (χ3v) is 6.49. The van der Waals surface area contributed by atoms with E-state index in [1.807, 2.05) is 0 Å². The van der Waals surface area contributed by atoms with E-state index in [1.165, 1.54) is 18.2 Å². The molecular formula is C18H17BrF2N2O4S. The van der Waals surface area contributed by atoms with Crippen LogP contribution in [0.4, 0.5) is 14.5 Å². The summed E-state index contributed by atoms with van der Waals surface area (Å²) in [5, 5.41) is 2.71. The van der Waals surface area contributed by atoms with Gasteiger partial charge in [0.05, 0.1) is 17.4 Å². The Bertz CT molecular complexity index is 972. The largest absolute Gasteiger partial charge is 0.376 e. The van der Waals surface area contributed by atoms with Crippen molar-refractivity contribution in [2.75, 3.05) is 17.9 Å². The number of para-hydroxylation sites is 1. The van der Waals surface area contributed by atoms with Crippen molar-refractivity contribution in [2.24, 2.45) is 0 Å². The number of rotatable bonds is 6. The average molecular weight is 475 g/mol. The molecule has 0 bridgehead atoms. The van der Waals surface area contributed by atoms with Crippen molar-refractivity contribution in [1.29, 1.82) is 0 Å². The molecule has 1 heterocycles. The number of hydrogen-bond acceptors (Lipinski definition) is 4. The molecular weight excluding hydrogens is 458 g/mol. The highest BCUT2D eigenvalue weighted by Gasteiger charge is 2.26. The van der Waals surface area contributed by atoms with E-state index in [-0.39, 0.29) is 21.8 Å². The molecule has 0 radical (unpaired) electrons. The maximum Gasteiger partial charge on any atom is 0.265 e. The molecule has 0 aliphatic carbocycles. The zero-order chi connectivity index (χ0) is 20.3. The van der Waals surface area contributed by atoms with E-state index in [9.17, 15) is 22.0 Å². The minimum absolute atomic E-state index is 0.0250. The van der Waals surface area contributed by atoms with Gasteiger partial charge in [-0.1, -0.05) is 12.1 Å². The first-order valence-electron chi connectivity index (χ1n) is 8.44. The van der Waals surface area contributed by atoms with Crippen LogP contribution in [0.25, 0.3) is 0 Å². The van der Waals surface area contributed by atoms with Crippen molar-refractivity contribution < 1.29 is 26.7 Å². The van der Waals surface area contributed by atoms with E-state index in [0.29, 0.717) is 19.2 Å². The van der Waals surface area contributed by atoms with Crippen LogP contribution in [0.3, 0.4) is 0 Å². The Kier molecular flexibility index (Phi) is 6.31. The first kappa shape index (κ1) is 20.7. The average Bonchev–Trinajstić information content (AvgIpc) is 3.12. The SMILES string of the molecule is O=C(NC[C@@H]1CCCO1)c1ccccc1NS(=O)(=O)c1c(F)cc(F)cc1Br. The Morgan fingerprint density at radius 3 is 2.68 bits per heavy atom. The summed E-state index contributed by atoms with van der Waals surface area (Å²) in [6.07, 6.45) is 1.69. The predicted octanol–water partition coefficient (Wildman–Crippen LogP) is 3.44. The summed E-state index contributed by atoms with van der Waals surface area (Å²) in [5.41, 5.74) is 0.0469. The molecule has 0 aromatic heterocycles. The quantitative estimate of drug-likeness (QED) is 0.671. The highest BCUT2D eigenvalue weighted by atomic mass is 79.9. The van der Waals surface area contributed by atoms with Crippen molar-refractivity contribution in [3.63, 3.8) is 0 Å². The van der Waals surface area contributed by atoms with Gasteiger partial charge in [0.15, 0.2) is 0 Å². The second kappa shape index (κ2) is 8.54. The summed E-state index contributed by atoms with van der Waals surface area (Å²) >= 11 is 2.86. The molecule has 1 aliphatic heterocycles. The van der Waals surface area contributed by atoms with Crippen molar-refractivity contribution in [3.8, 4) is 0 Å². The van der Waals surface area contributed by atoms with E-state index in [4.69, 9.17) is 4.74 Å². The normalized spacial score (nSPS) is 16.8. The maximum atomic E-state index is 14.1. The number of amides is 1. The fourth-order valence-corrected chi connectivity index (χ4v) is 5.11. The Morgan fingerprint density at radius 1 is 1.25 bits per heavy atom. The molecule has 2 aromatic rings. The Morgan fingerprint density at radius 2 is 2.00 bits per heavy atom. The summed E-state index contributed by atoms with van der Waals surface area (Å²) in [6.45, 7) is 0.951. The van der Waals surface area contributed by atoms with Crippen molar-refractivity contribution in [1.82, 2.24) is 5.32 Å². The number of nitrogens with one attached hydrogen (secondary N) is 2. The van der Waals surface area contributed by atoms with Crippen LogP contribution in [0, 0.1) is 11.6 Å². The first-order chi connectivity index (χ1) is 13.3. The molecule has 1 fully saturated rings. The molecule has 10 heteroatoms. The topological polar surface area (TPSA) is 84.5 Å². The van der Waals surface area contributed by atoms with Crippen LogP contribution in [0.2, 0.25) is 0 Å². The maximum absolute atomic E-state index is 14.1. The smallest absolute Gasteiger partial charge is 0.265 e. The fraction of sp³-hybridized carbons (Fsp3) is 0.278. The number of hydrogen-bond donors (Lipinski definition) is 2. The van der Waals surface area contributed by atoms with Gasteiger partial charge in [0.1, 0.15) is 16.5 Å². The van der Waals surface area contributed by atoms with Crippen molar-refractivity contribution in [2.45, 2.75) is 23.8 Å². The molecule has 28 heavy (non-hydrogen) atoms. The molecule has 1 amide bonds. The number of carbonyl (C=O) groups is 1. The molecule has 6 nitrogen and oxygen atoms in total. The molecule has 0 saturated carbocycles. The highest BCUT2D eigenvalue weighted by Crippen LogP contribution is 2.29. The minimum Gasteiger partial charge on any atom is -0.376 e. The van der Waals surface area contributed by atoms with E-state index in [1.54, 1.807) is 6.07 Å². The van der Waals surface area contributed by atoms with Crippen LogP contribution in [0.15, 0.2) is 45.8 Å². The third-order valence-electron chi connectivity index (χ3n) is 4.16. The van der Waals surface area contributed by atoms with E-state index in [0.717, 1.165) is 18.9 Å². The third kappa shape index (κ3) is 4.68. The van der Waals surface area contributed by atoms with Gasteiger partial charge in [0, 0.05) is 23.7 Å². The van der Waals surface area contributed by atoms with Gasteiger partial charge in [-0.15, -0.1) is 0 Å². The Balaban J connectivity index is 1.83. The van der Waals surface area contributed by atoms with Crippen LogP contribution >= 0.6 is 15.9 Å². The molecule has 0 spiro atoms. The summed E-state index contributed by atoms with van der Waals surface area (Å²) in [6, 6.07) is 7.25. The monoisotopic (exact) mass is 474 g/mol. The second-order valence-corrected chi connectivity index (χ2v) is 8.67. The van der Waals surface area contributed by atoms with Gasteiger partial charge >= 0.3 is 0 Å². The molecule has 150 valence electrons. The van der Waals surface area contributed by atoms with Gasteiger partial charge < -0.3 is 10.1 Å². The zero-order valence-corrected chi connectivity index (χ0v) is 16.9. The van der Waals surface area contributed by atoms with Gasteiger partial charge in [-0.3, -0.25) is 9.52 Å². The predicted molar refractivity (Wildman–Crippen MR) is 103 cm³/mol. The molecule has 1 saturated heterocycles. The van der Waals surface area contributed by atoms with Gasteiger partial charge in [-0.05, 0) is 47.0 Å². The van der Waals surface area contributed by atoms with E-state index in [2.05, 4.69) is 26.0 Å². The molecule has 1 aliphatic rings. The molecule has 0 unspecified atom stereocenters. The van der Waals surface area contributed by atoms with Gasteiger partial charge in [-0.2, -0.15) is 0 Å². The van der Waals surface area contributed by atoms with Crippen LogP contribution in [-0.4, -0.2) is 33.6 Å². The van der Waals surface area contributed by atoms with Gasteiger partial charge in [-0.25, -0.2) is 17.2 Å².